The Hall–Kier alpha value is -2.24. The number of anilines is 2. The van der Waals surface area contributed by atoms with Gasteiger partial charge in [0.25, 0.3) is 5.89 Å². The minimum absolute atomic E-state index is 0.0141. The number of benzene rings is 1. The van der Waals surface area contributed by atoms with E-state index < -0.39 is 0 Å². The molecular formula is C9H10N4O2. The van der Waals surface area contributed by atoms with Crippen LogP contribution in [0.4, 0.5) is 11.7 Å². The number of hydrogen-bond acceptors (Lipinski definition) is 6. The van der Waals surface area contributed by atoms with Crippen LogP contribution < -0.4 is 16.2 Å². The first-order valence-corrected chi connectivity index (χ1v) is 4.23. The lowest BCUT2D eigenvalue weighted by atomic mass is 10.2. The fourth-order valence-corrected chi connectivity index (χ4v) is 1.21. The molecule has 78 valence electrons. The predicted octanol–water partition coefficient (Wildman–Crippen LogP) is 0.910. The molecule has 0 radical (unpaired) electrons. The minimum Gasteiger partial charge on any atom is -0.497 e. The molecule has 0 atom stereocenters. The van der Waals surface area contributed by atoms with Crippen molar-refractivity contribution in [2.24, 2.45) is 0 Å². The summed E-state index contributed by atoms with van der Waals surface area (Å²) in [6.45, 7) is 0. The highest BCUT2D eigenvalue weighted by Crippen LogP contribution is 2.28. The molecule has 6 nitrogen and oxygen atoms in total. The number of rotatable bonds is 2. The molecule has 0 unspecified atom stereocenters. The molecular weight excluding hydrogens is 196 g/mol. The number of aromatic nitrogens is 2. The maximum absolute atomic E-state index is 5.79. The van der Waals surface area contributed by atoms with Crippen LogP contribution in [0, 0.1) is 0 Å². The monoisotopic (exact) mass is 206 g/mol. The first-order chi connectivity index (χ1) is 7.20. The van der Waals surface area contributed by atoms with Gasteiger partial charge in [-0.1, -0.05) is 5.10 Å². The molecule has 0 bridgehead atoms. The number of ether oxygens (including phenoxy) is 1. The molecule has 2 aromatic rings. The Balaban J connectivity index is 2.45. The van der Waals surface area contributed by atoms with Crippen molar-refractivity contribution in [2.45, 2.75) is 0 Å². The Morgan fingerprint density at radius 3 is 2.60 bits per heavy atom. The van der Waals surface area contributed by atoms with Gasteiger partial charge in [0.05, 0.1) is 12.7 Å². The van der Waals surface area contributed by atoms with Crippen molar-refractivity contribution in [3.63, 3.8) is 0 Å². The van der Waals surface area contributed by atoms with Gasteiger partial charge in [0.1, 0.15) is 5.75 Å². The van der Waals surface area contributed by atoms with Crippen LogP contribution >= 0.6 is 0 Å². The summed E-state index contributed by atoms with van der Waals surface area (Å²) in [5.74, 6) is 0.969. The van der Waals surface area contributed by atoms with E-state index in [-0.39, 0.29) is 6.01 Å². The van der Waals surface area contributed by atoms with Crippen molar-refractivity contribution < 1.29 is 9.15 Å². The van der Waals surface area contributed by atoms with Crippen LogP contribution in [-0.2, 0) is 0 Å². The number of hydrogen-bond donors (Lipinski definition) is 2. The van der Waals surface area contributed by atoms with Gasteiger partial charge in [0, 0.05) is 11.8 Å². The van der Waals surface area contributed by atoms with Crippen LogP contribution in [0.5, 0.6) is 5.75 Å². The zero-order valence-corrected chi connectivity index (χ0v) is 8.10. The normalized spacial score (nSPS) is 10.2. The lowest BCUT2D eigenvalue weighted by Crippen LogP contribution is -1.92. The van der Waals surface area contributed by atoms with E-state index >= 15 is 0 Å². The molecule has 2 rings (SSSR count). The number of nitrogen functional groups attached to an aromatic ring is 2. The average molecular weight is 206 g/mol. The first-order valence-electron chi connectivity index (χ1n) is 4.23. The molecule has 0 aliphatic heterocycles. The zero-order chi connectivity index (χ0) is 10.8. The van der Waals surface area contributed by atoms with E-state index in [2.05, 4.69) is 10.2 Å². The van der Waals surface area contributed by atoms with Crippen molar-refractivity contribution in [3.8, 4) is 17.2 Å². The van der Waals surface area contributed by atoms with Crippen molar-refractivity contribution in [2.75, 3.05) is 18.6 Å². The second-order valence-electron chi connectivity index (χ2n) is 2.90. The van der Waals surface area contributed by atoms with Crippen molar-refractivity contribution in [1.82, 2.24) is 10.2 Å². The molecule has 15 heavy (non-hydrogen) atoms. The minimum atomic E-state index is 0.0141. The summed E-state index contributed by atoms with van der Waals surface area (Å²) in [4.78, 5) is 0. The Bertz CT molecular complexity index is 481. The topological polar surface area (TPSA) is 100 Å². The standard InChI is InChI=1S/C9H10N4O2/c1-14-5-2-3-6(7(10)4-5)8-12-13-9(11)15-8/h2-4H,10H2,1H3,(H2,11,13). The molecule has 1 aromatic carbocycles. The summed E-state index contributed by atoms with van der Waals surface area (Å²) in [7, 11) is 1.57. The smallest absolute Gasteiger partial charge is 0.313 e. The van der Waals surface area contributed by atoms with Gasteiger partial charge in [-0.3, -0.25) is 0 Å². The summed E-state index contributed by atoms with van der Waals surface area (Å²) in [6.07, 6.45) is 0. The number of methoxy groups -OCH3 is 1. The Labute approximate surface area is 85.8 Å². The molecule has 4 N–H and O–H groups in total. The van der Waals surface area contributed by atoms with E-state index in [0.29, 0.717) is 22.9 Å². The SMILES string of the molecule is COc1ccc(-c2nnc(N)o2)c(N)c1. The molecule has 0 saturated carbocycles. The molecule has 0 aliphatic rings. The van der Waals surface area contributed by atoms with E-state index in [4.69, 9.17) is 20.6 Å². The van der Waals surface area contributed by atoms with Gasteiger partial charge in [0.15, 0.2) is 0 Å². The third-order valence-electron chi connectivity index (χ3n) is 1.93. The van der Waals surface area contributed by atoms with E-state index in [1.807, 2.05) is 0 Å². The van der Waals surface area contributed by atoms with Crippen LogP contribution in [0.15, 0.2) is 22.6 Å². The molecule has 1 aromatic heterocycles. The van der Waals surface area contributed by atoms with Crippen LogP contribution in [0.2, 0.25) is 0 Å². The second-order valence-corrected chi connectivity index (χ2v) is 2.90. The molecule has 0 fully saturated rings. The van der Waals surface area contributed by atoms with Gasteiger partial charge in [-0.15, -0.1) is 5.10 Å². The lowest BCUT2D eigenvalue weighted by Gasteiger charge is -2.03. The second kappa shape index (κ2) is 3.49. The largest absolute Gasteiger partial charge is 0.497 e. The summed E-state index contributed by atoms with van der Waals surface area (Å²) in [6, 6.07) is 5.18. The van der Waals surface area contributed by atoms with E-state index in [1.165, 1.54) is 0 Å². The molecule has 0 aliphatic carbocycles. The van der Waals surface area contributed by atoms with Crippen LogP contribution in [0.1, 0.15) is 0 Å². The number of nitrogens with two attached hydrogens (primary N) is 2. The highest BCUT2D eigenvalue weighted by molar-refractivity contribution is 5.71. The van der Waals surface area contributed by atoms with Gasteiger partial charge >= 0.3 is 6.01 Å². The highest BCUT2D eigenvalue weighted by atomic mass is 16.5. The van der Waals surface area contributed by atoms with E-state index in [9.17, 15) is 0 Å². The van der Waals surface area contributed by atoms with E-state index in [1.54, 1.807) is 25.3 Å². The number of nitrogens with zero attached hydrogens (tertiary/aromatic N) is 2. The fourth-order valence-electron chi connectivity index (χ4n) is 1.21. The highest BCUT2D eigenvalue weighted by Gasteiger charge is 2.10. The molecule has 0 amide bonds. The van der Waals surface area contributed by atoms with Crippen LogP contribution in [0.3, 0.4) is 0 Å². The quantitative estimate of drug-likeness (QED) is 0.708. The Kier molecular flexibility index (Phi) is 2.17. The fraction of sp³-hybridized carbons (Fsp3) is 0.111. The average Bonchev–Trinajstić information content (AvgIpc) is 2.64. The van der Waals surface area contributed by atoms with Crippen LogP contribution in [0.25, 0.3) is 11.5 Å². The van der Waals surface area contributed by atoms with E-state index in [0.717, 1.165) is 0 Å². The lowest BCUT2D eigenvalue weighted by molar-refractivity contribution is 0.415. The van der Waals surface area contributed by atoms with Crippen LogP contribution in [-0.4, -0.2) is 17.3 Å². The Morgan fingerprint density at radius 2 is 2.07 bits per heavy atom. The van der Waals surface area contributed by atoms with Crippen molar-refractivity contribution >= 4 is 11.7 Å². The van der Waals surface area contributed by atoms with Gasteiger partial charge < -0.3 is 20.6 Å². The summed E-state index contributed by atoms with van der Waals surface area (Å²) < 4.78 is 10.1. The molecule has 0 spiro atoms. The van der Waals surface area contributed by atoms with Gasteiger partial charge in [-0.2, -0.15) is 0 Å². The third kappa shape index (κ3) is 1.69. The summed E-state index contributed by atoms with van der Waals surface area (Å²) in [5, 5.41) is 7.29. The zero-order valence-electron chi connectivity index (χ0n) is 8.10. The predicted molar refractivity (Wildman–Crippen MR) is 55.1 cm³/mol. The summed E-state index contributed by atoms with van der Waals surface area (Å²) >= 11 is 0. The Morgan fingerprint density at radius 1 is 1.27 bits per heavy atom. The molecule has 1 heterocycles. The third-order valence-corrected chi connectivity index (χ3v) is 1.93. The molecule has 0 saturated heterocycles. The van der Waals surface area contributed by atoms with Gasteiger partial charge in [-0.25, -0.2) is 0 Å². The maximum atomic E-state index is 5.79. The summed E-state index contributed by atoms with van der Waals surface area (Å²) in [5.41, 5.74) is 12.2. The van der Waals surface area contributed by atoms with Gasteiger partial charge in [-0.05, 0) is 12.1 Å². The molecule has 6 heteroatoms. The van der Waals surface area contributed by atoms with Gasteiger partial charge in [0.2, 0.25) is 0 Å². The van der Waals surface area contributed by atoms with Crippen molar-refractivity contribution in [1.29, 1.82) is 0 Å². The maximum Gasteiger partial charge on any atom is 0.313 e. The first kappa shape index (κ1) is 9.32. The van der Waals surface area contributed by atoms with Crippen molar-refractivity contribution in [3.05, 3.63) is 18.2 Å².